The molecule has 6 rings (SSSR count). The predicted octanol–water partition coefficient (Wildman–Crippen LogP) is 5.07. The molecule has 2 aromatic carbocycles. The Bertz CT molecular complexity index is 1630. The Hall–Kier alpha value is -4.22. The number of carbonyl (C=O) groups excluding carboxylic acids is 1. The number of hydrogen-bond donors (Lipinski definition) is 3. The number of nitrogens with two attached hydrogens (primary N) is 1. The molecule has 10 heteroatoms. The Morgan fingerprint density at radius 1 is 0.957 bits per heavy atom. The van der Waals surface area contributed by atoms with Crippen molar-refractivity contribution < 1.29 is 19.0 Å². The minimum atomic E-state index is -0.574. The van der Waals surface area contributed by atoms with E-state index in [0.717, 1.165) is 63.1 Å². The van der Waals surface area contributed by atoms with Crippen LogP contribution in [0.4, 0.5) is 10.2 Å². The number of anilines is 1. The standard InChI is InChI=1S/C37H43FN6O3/c1-25(44-17-15-43(16-18-44)19-20-45)27-9-11-29(12-10-27)28-7-5-26(6-8-28)24-47-34-4-2-3-33(34)42-37(46)32-21-31(23-41-36(32)39)30-13-14-35(38)40-22-30/h5-14,21-23,25,33-34,45H,2-4,15-20,24H2,1H3,(H2,39,41)(H,42,46)/t25-,33-,34?/m0/s1. The van der Waals surface area contributed by atoms with E-state index in [0.29, 0.717) is 23.8 Å². The lowest BCUT2D eigenvalue weighted by Gasteiger charge is -2.38. The van der Waals surface area contributed by atoms with Crippen LogP contribution in [0.15, 0.2) is 79.1 Å². The zero-order valence-electron chi connectivity index (χ0n) is 26.8. The largest absolute Gasteiger partial charge is 0.395 e. The van der Waals surface area contributed by atoms with Gasteiger partial charge in [0.15, 0.2) is 0 Å². The minimum absolute atomic E-state index is 0.107. The summed E-state index contributed by atoms with van der Waals surface area (Å²) in [6, 6.07) is 22.0. The number of benzene rings is 2. The van der Waals surface area contributed by atoms with E-state index in [1.807, 2.05) is 0 Å². The third-order valence-electron chi connectivity index (χ3n) is 9.51. The molecule has 2 aliphatic rings. The van der Waals surface area contributed by atoms with Crippen LogP contribution in [0, 0.1) is 5.95 Å². The molecule has 1 amide bonds. The van der Waals surface area contributed by atoms with Crippen molar-refractivity contribution in [2.75, 3.05) is 45.1 Å². The van der Waals surface area contributed by atoms with E-state index in [-0.39, 0.29) is 36.0 Å². The molecule has 1 aliphatic carbocycles. The summed E-state index contributed by atoms with van der Waals surface area (Å²) >= 11 is 0. The van der Waals surface area contributed by atoms with E-state index < -0.39 is 5.95 Å². The maximum Gasteiger partial charge on any atom is 0.255 e. The molecule has 9 nitrogen and oxygen atoms in total. The van der Waals surface area contributed by atoms with Gasteiger partial charge < -0.3 is 20.9 Å². The van der Waals surface area contributed by atoms with Crippen molar-refractivity contribution in [2.24, 2.45) is 0 Å². The fraction of sp³-hybridized carbons (Fsp3) is 0.378. The van der Waals surface area contributed by atoms with Gasteiger partial charge >= 0.3 is 0 Å². The number of β-amino-alcohol motifs (C(OH)–C–C–N with tert-alkyl or cyclic N) is 1. The maximum atomic E-state index is 13.3. The summed E-state index contributed by atoms with van der Waals surface area (Å²) in [5, 5.41) is 12.3. The number of rotatable bonds is 11. The Morgan fingerprint density at radius 3 is 2.32 bits per heavy atom. The number of halogens is 1. The number of nitrogen functional groups attached to an aromatic ring is 1. The summed E-state index contributed by atoms with van der Waals surface area (Å²) in [5.74, 6) is -0.748. The Balaban J connectivity index is 1.01. The second-order valence-corrected chi connectivity index (χ2v) is 12.5. The molecule has 3 atom stereocenters. The Labute approximate surface area is 275 Å². The summed E-state index contributed by atoms with van der Waals surface area (Å²) in [6.07, 6.45) is 5.48. The van der Waals surface area contributed by atoms with E-state index in [4.69, 9.17) is 10.5 Å². The fourth-order valence-electron chi connectivity index (χ4n) is 6.58. The molecule has 3 heterocycles. The number of nitrogens with one attached hydrogen (secondary N) is 1. The average molecular weight is 639 g/mol. The summed E-state index contributed by atoms with van der Waals surface area (Å²) < 4.78 is 19.6. The van der Waals surface area contributed by atoms with Gasteiger partial charge in [-0.3, -0.25) is 14.6 Å². The molecule has 1 unspecified atom stereocenters. The van der Waals surface area contributed by atoms with Crippen molar-refractivity contribution in [1.82, 2.24) is 25.1 Å². The van der Waals surface area contributed by atoms with Crippen molar-refractivity contribution in [3.63, 3.8) is 0 Å². The van der Waals surface area contributed by atoms with Gasteiger partial charge in [0.1, 0.15) is 5.82 Å². The smallest absolute Gasteiger partial charge is 0.255 e. The van der Waals surface area contributed by atoms with Gasteiger partial charge in [0.05, 0.1) is 30.9 Å². The van der Waals surface area contributed by atoms with Gasteiger partial charge in [-0.1, -0.05) is 48.5 Å². The first-order chi connectivity index (χ1) is 22.9. The van der Waals surface area contributed by atoms with Crippen LogP contribution in [0.5, 0.6) is 0 Å². The molecule has 2 fully saturated rings. The van der Waals surface area contributed by atoms with Gasteiger partial charge in [-0.2, -0.15) is 4.39 Å². The van der Waals surface area contributed by atoms with Crippen LogP contribution in [0.1, 0.15) is 53.7 Å². The van der Waals surface area contributed by atoms with Crippen LogP contribution in [-0.2, 0) is 11.3 Å². The molecule has 1 aliphatic heterocycles. The number of pyridine rings is 2. The summed E-state index contributed by atoms with van der Waals surface area (Å²) in [7, 11) is 0. The second-order valence-electron chi connectivity index (χ2n) is 12.5. The van der Waals surface area contributed by atoms with E-state index in [1.165, 1.54) is 23.4 Å². The highest BCUT2D eigenvalue weighted by molar-refractivity contribution is 5.99. The summed E-state index contributed by atoms with van der Waals surface area (Å²) in [6.45, 7) is 7.71. The first-order valence-electron chi connectivity index (χ1n) is 16.4. The molecule has 1 saturated carbocycles. The van der Waals surface area contributed by atoms with Gasteiger partial charge in [-0.25, -0.2) is 9.97 Å². The molecular formula is C37H43FN6O3. The molecule has 0 bridgehead atoms. The Morgan fingerprint density at radius 2 is 1.64 bits per heavy atom. The number of hydrogen-bond acceptors (Lipinski definition) is 8. The van der Waals surface area contributed by atoms with Gasteiger partial charge in [-0.05, 0) is 66.6 Å². The van der Waals surface area contributed by atoms with E-state index >= 15 is 0 Å². The number of aliphatic hydroxyl groups is 1. The van der Waals surface area contributed by atoms with Crippen molar-refractivity contribution in [3.05, 3.63) is 102 Å². The predicted molar refractivity (Wildman–Crippen MR) is 181 cm³/mol. The summed E-state index contributed by atoms with van der Waals surface area (Å²) in [4.78, 5) is 26.0. The molecule has 1 saturated heterocycles. The normalized spacial score (nSPS) is 19.5. The van der Waals surface area contributed by atoms with E-state index in [2.05, 4.69) is 80.5 Å². The monoisotopic (exact) mass is 638 g/mol. The third kappa shape index (κ3) is 8.02. The first kappa shape index (κ1) is 32.7. The molecule has 0 radical (unpaired) electrons. The molecule has 47 heavy (non-hydrogen) atoms. The number of amides is 1. The molecule has 0 spiro atoms. The number of ether oxygens (including phenoxy) is 1. The van der Waals surface area contributed by atoms with Crippen LogP contribution in [-0.4, -0.2) is 82.3 Å². The Kier molecular flexibility index (Phi) is 10.5. The lowest BCUT2D eigenvalue weighted by atomic mass is 9.99. The van der Waals surface area contributed by atoms with Crippen molar-refractivity contribution in [3.8, 4) is 22.3 Å². The number of carbonyl (C=O) groups is 1. The highest BCUT2D eigenvalue weighted by Crippen LogP contribution is 2.28. The molecule has 246 valence electrons. The number of nitrogens with zero attached hydrogens (tertiary/aromatic N) is 4. The van der Waals surface area contributed by atoms with Crippen molar-refractivity contribution >= 4 is 11.7 Å². The van der Waals surface area contributed by atoms with Crippen LogP contribution < -0.4 is 11.1 Å². The highest BCUT2D eigenvalue weighted by Gasteiger charge is 2.30. The van der Waals surface area contributed by atoms with E-state index in [1.54, 1.807) is 18.3 Å². The number of piperazine rings is 1. The van der Waals surface area contributed by atoms with Gasteiger partial charge in [0.25, 0.3) is 5.91 Å². The lowest BCUT2D eigenvalue weighted by molar-refractivity contribution is 0.0272. The maximum absolute atomic E-state index is 13.3. The van der Waals surface area contributed by atoms with E-state index in [9.17, 15) is 14.3 Å². The minimum Gasteiger partial charge on any atom is -0.395 e. The lowest BCUT2D eigenvalue weighted by Crippen LogP contribution is -2.47. The molecular weight excluding hydrogens is 595 g/mol. The topological polar surface area (TPSA) is 117 Å². The van der Waals surface area contributed by atoms with Gasteiger partial charge in [0, 0.05) is 62.3 Å². The van der Waals surface area contributed by atoms with Crippen LogP contribution in [0.25, 0.3) is 22.3 Å². The quantitative estimate of drug-likeness (QED) is 0.195. The first-order valence-corrected chi connectivity index (χ1v) is 16.4. The number of aromatic nitrogens is 2. The SMILES string of the molecule is C[C@@H](c1ccc(-c2ccc(COC3CCC[C@@H]3NC(=O)c3cc(-c4ccc(F)nc4)cnc3N)cc2)cc1)N1CCN(CCO)CC1. The van der Waals surface area contributed by atoms with Crippen LogP contribution in [0.3, 0.4) is 0 Å². The molecule has 4 aromatic rings. The fourth-order valence-corrected chi connectivity index (χ4v) is 6.58. The van der Waals surface area contributed by atoms with Gasteiger partial charge in [0.2, 0.25) is 5.95 Å². The summed E-state index contributed by atoms with van der Waals surface area (Å²) in [5.41, 5.74) is 12.3. The van der Waals surface area contributed by atoms with Crippen molar-refractivity contribution in [1.29, 1.82) is 0 Å². The second kappa shape index (κ2) is 15.1. The molecule has 4 N–H and O–H groups in total. The zero-order valence-corrected chi connectivity index (χ0v) is 26.8. The third-order valence-corrected chi connectivity index (χ3v) is 9.51. The highest BCUT2D eigenvalue weighted by atomic mass is 19.1. The van der Waals surface area contributed by atoms with Crippen LogP contribution in [0.2, 0.25) is 0 Å². The average Bonchev–Trinajstić information content (AvgIpc) is 3.55. The van der Waals surface area contributed by atoms with Gasteiger partial charge in [-0.15, -0.1) is 0 Å². The molecule has 2 aromatic heterocycles. The zero-order chi connectivity index (χ0) is 32.8. The number of aliphatic hydroxyl groups excluding tert-OH is 1. The van der Waals surface area contributed by atoms with Crippen molar-refractivity contribution in [2.45, 2.75) is 51.0 Å². The van der Waals surface area contributed by atoms with Crippen LogP contribution >= 0.6 is 0 Å².